The maximum Gasteiger partial charge on any atom is 0.397 e. The lowest BCUT2D eigenvalue weighted by Gasteiger charge is -2.41. The summed E-state index contributed by atoms with van der Waals surface area (Å²) in [5, 5.41) is 0. The number of halogens is 11. The van der Waals surface area contributed by atoms with Gasteiger partial charge in [-0.25, -0.2) is 0 Å². The molecule has 0 spiro atoms. The lowest BCUT2D eigenvalue weighted by Crippen LogP contribution is -2.58. The molecule has 0 saturated heterocycles. The Bertz CT molecular complexity index is 658. The normalized spacial score (nSPS) is 11.5. The number of rotatable bonds is 12. The lowest BCUT2D eigenvalue weighted by atomic mass is 10.2. The summed E-state index contributed by atoms with van der Waals surface area (Å²) in [7, 11) is -9.77. The zero-order valence-corrected chi connectivity index (χ0v) is 31.0. The van der Waals surface area contributed by atoms with Crippen molar-refractivity contribution in [2.24, 2.45) is 0 Å². The topological polar surface area (TPSA) is 46.2 Å². The second-order valence-corrected chi connectivity index (χ2v) is 32.2. The highest BCUT2D eigenvalue weighted by atomic mass is 28.5. The largest absolute Gasteiger partial charge is 0.437 e. The zero-order chi connectivity index (χ0) is 34.4. The third-order valence-corrected chi connectivity index (χ3v) is 20.1. The van der Waals surface area contributed by atoms with E-state index in [2.05, 4.69) is 78.6 Å². The molecule has 0 N–H and O–H groups in total. The van der Waals surface area contributed by atoms with Crippen LogP contribution in [0.5, 0.6) is 0 Å². The summed E-state index contributed by atoms with van der Waals surface area (Å²) >= 11 is 0. The molecular weight excluding hydrogens is 766 g/mol. The molecular formula is C28H79F11O5Si5. The molecule has 0 aliphatic heterocycles. The molecule has 0 aromatic heterocycles. The van der Waals surface area contributed by atoms with E-state index in [0.717, 1.165) is 0 Å². The summed E-state index contributed by atoms with van der Waals surface area (Å²) in [5.41, 5.74) is 0. The summed E-state index contributed by atoms with van der Waals surface area (Å²) in [4.78, 5) is 1.76. The fourth-order valence-corrected chi connectivity index (χ4v) is 26.3. The van der Waals surface area contributed by atoms with Crippen LogP contribution >= 0.6 is 0 Å². The molecule has 0 fully saturated rings. The fraction of sp³-hybridized carbons (Fsp3) is 1.00. The Labute approximate surface area is 301 Å². The van der Waals surface area contributed by atoms with E-state index in [4.69, 9.17) is 25.6 Å². The number of unbranched alkanes of at least 4 members (excludes halogenated alkanes) is 1. The molecule has 0 atom stereocenters. The highest BCUT2D eigenvalue weighted by molar-refractivity contribution is 6.90. The Kier molecular flexibility index (Phi) is 55.2. The van der Waals surface area contributed by atoms with Gasteiger partial charge in [0.1, 0.15) is 6.42 Å². The van der Waals surface area contributed by atoms with Crippen LogP contribution in [0.2, 0.25) is 78.6 Å². The summed E-state index contributed by atoms with van der Waals surface area (Å²) in [6, 6.07) is 0. The molecule has 0 aromatic carbocycles. The first-order valence-corrected chi connectivity index (χ1v) is 27.7. The van der Waals surface area contributed by atoms with Gasteiger partial charge < -0.3 is 16.5 Å². The minimum atomic E-state index is -5.13. The molecule has 0 aliphatic carbocycles. The van der Waals surface area contributed by atoms with Gasteiger partial charge in [-0.05, 0) is 89.5 Å². The zero-order valence-electron chi connectivity index (χ0n) is 26.0. The van der Waals surface area contributed by atoms with Crippen LogP contribution in [0.25, 0.3) is 0 Å². The van der Waals surface area contributed by atoms with Gasteiger partial charge in [-0.3, -0.25) is 0 Å². The van der Waals surface area contributed by atoms with E-state index in [9.17, 15) is 39.6 Å². The van der Waals surface area contributed by atoms with Gasteiger partial charge in [-0.1, -0.05) is 72.8 Å². The third kappa shape index (κ3) is 70.4. The molecule has 318 valence electrons. The van der Waals surface area contributed by atoms with Crippen molar-refractivity contribution in [1.82, 2.24) is 0 Å². The fourth-order valence-electron chi connectivity index (χ4n) is 3.36. The molecule has 0 aliphatic rings. The molecule has 0 bridgehead atoms. The minimum absolute atomic E-state index is 0. The Morgan fingerprint density at radius 3 is 0.816 bits per heavy atom. The van der Waals surface area contributed by atoms with Crippen LogP contribution in [0.1, 0.15) is 92.0 Å². The Morgan fingerprint density at radius 2 is 0.694 bits per heavy atom. The molecule has 49 heavy (non-hydrogen) atoms. The summed E-state index contributed by atoms with van der Waals surface area (Å²) in [5.74, 6) is 0. The molecule has 0 aromatic rings. The molecule has 0 amide bonds. The highest BCUT2D eigenvalue weighted by Crippen LogP contribution is 2.32. The van der Waals surface area contributed by atoms with Crippen LogP contribution < -0.4 is 0 Å². The van der Waals surface area contributed by atoms with Crippen LogP contribution in [-0.2, 0) is 21.4 Å². The van der Waals surface area contributed by atoms with Crippen molar-refractivity contribution in [3.8, 4) is 0 Å². The van der Waals surface area contributed by atoms with Crippen LogP contribution in [0.4, 0.5) is 48.8 Å². The average molecular weight is 845 g/mol. The smallest absolute Gasteiger partial charge is 0.397 e. The van der Waals surface area contributed by atoms with Crippen LogP contribution in [0, 0.1) is 0 Å². The second-order valence-electron chi connectivity index (χ2n) is 12.1. The van der Waals surface area contributed by atoms with Crippen molar-refractivity contribution in [2.45, 2.75) is 189 Å². The Hall–Kier alpha value is 0.114. The minimum Gasteiger partial charge on any atom is -0.437 e. The Balaban J connectivity index is -0.0000000421. The van der Waals surface area contributed by atoms with Crippen LogP contribution in [-0.4, -0.2) is 60.8 Å². The molecule has 0 heterocycles. The van der Waals surface area contributed by atoms with Crippen molar-refractivity contribution < 1.29 is 70.2 Å². The maximum absolute atomic E-state index is 11.3. The first kappa shape index (κ1) is 82.5. The molecule has 21 heteroatoms. The number of hydrogen-bond donors (Lipinski definition) is 0. The van der Waals surface area contributed by atoms with Gasteiger partial charge in [-0.15, -0.1) is 4.94 Å². The lowest BCUT2D eigenvalue weighted by molar-refractivity contribution is -0.379. The van der Waals surface area contributed by atoms with Crippen molar-refractivity contribution in [2.75, 3.05) is 0 Å². The van der Waals surface area contributed by atoms with E-state index < -0.39 is 73.6 Å². The Morgan fingerprint density at radius 1 is 0.449 bits per heavy atom. The van der Waals surface area contributed by atoms with Crippen LogP contribution in [0.3, 0.4) is 0 Å². The summed E-state index contributed by atoms with van der Waals surface area (Å²) < 4.78 is 141. The van der Waals surface area contributed by atoms with Gasteiger partial charge in [-0.2, -0.15) is 35.1 Å². The predicted octanol–water partition coefficient (Wildman–Crippen LogP) is 15.9. The van der Waals surface area contributed by atoms with Crippen molar-refractivity contribution >= 4 is 42.3 Å². The average Bonchev–Trinajstić information content (AvgIpc) is 2.60. The summed E-state index contributed by atoms with van der Waals surface area (Å²) in [6.07, 6.45) is -16.2. The first-order valence-electron chi connectivity index (χ1n) is 12.4. The molecule has 0 radical (unpaired) electrons. The summed E-state index contributed by atoms with van der Waals surface area (Å²) in [6.45, 7) is 27.7. The van der Waals surface area contributed by atoms with E-state index in [-0.39, 0.29) is 65.8 Å². The van der Waals surface area contributed by atoms with E-state index in [1.54, 1.807) is 11.9 Å². The van der Waals surface area contributed by atoms with E-state index in [1.807, 2.05) is 0 Å². The van der Waals surface area contributed by atoms with Gasteiger partial charge in [0.15, 0.2) is 16.6 Å². The van der Waals surface area contributed by atoms with Crippen molar-refractivity contribution in [3.63, 3.8) is 0 Å². The molecule has 5 nitrogen and oxygen atoms in total. The molecule has 0 rings (SSSR count). The van der Waals surface area contributed by atoms with Gasteiger partial charge in [0.2, 0.25) is 0 Å². The van der Waals surface area contributed by atoms with Gasteiger partial charge in [0, 0.05) is 15.6 Å². The van der Waals surface area contributed by atoms with Crippen molar-refractivity contribution in [3.05, 3.63) is 0 Å². The first-order chi connectivity index (χ1) is 17.7. The second kappa shape index (κ2) is 32.7. The maximum atomic E-state index is 11.3. The standard InChI is InChI=1S/C12H36O4Si5.C5H9F3.C3H2F6O.8CH4.F2/c1-17(2,3)13-19(7,8)15-21(11,12)16-20(9,10)14-18(4,5)6;1-2-3-4-5(6,7)8;4-2(5,6)1-3(7,8)10-9;;;;;;;;;1-2/h1-12H3;2-4H2,1H3;1H2;8*1H4;. The van der Waals surface area contributed by atoms with E-state index >= 15 is 0 Å². The van der Waals surface area contributed by atoms with E-state index in [1.165, 1.54) is 0 Å². The van der Waals surface area contributed by atoms with Gasteiger partial charge >= 0.3 is 44.1 Å². The van der Waals surface area contributed by atoms with E-state index in [0.29, 0.717) is 6.42 Å². The number of hydrogen-bond acceptors (Lipinski definition) is 5. The molecule has 0 saturated carbocycles. The molecule has 0 unspecified atom stereocenters. The SMILES string of the molecule is C.C.C.C.C.C.C.C.CCCCC(F)(F)F.C[Si](C)(C)O[Si](C)(C)O[Si](C)(C)O[Si](C)(C)O[Si](C)(C)C.FF.FOC(F)(F)CC(F)(F)F. The van der Waals surface area contributed by atoms with Crippen molar-refractivity contribution in [1.29, 1.82) is 0 Å². The highest BCUT2D eigenvalue weighted by Gasteiger charge is 2.46. The quantitative estimate of drug-likeness (QED) is 0.145. The van der Waals surface area contributed by atoms with Gasteiger partial charge in [0.25, 0.3) is 0 Å². The van der Waals surface area contributed by atoms with Gasteiger partial charge in [0.05, 0.1) is 0 Å². The van der Waals surface area contributed by atoms with Crippen LogP contribution in [0.15, 0.2) is 0 Å². The predicted molar refractivity (Wildman–Crippen MR) is 203 cm³/mol. The monoisotopic (exact) mass is 844 g/mol. The third-order valence-electron chi connectivity index (χ3n) is 3.42. The number of alkyl halides is 8.